The van der Waals surface area contributed by atoms with Gasteiger partial charge in [0.15, 0.2) is 0 Å². The molecule has 0 aromatic heterocycles. The average Bonchev–Trinajstić information content (AvgIpc) is 2.83. The third-order valence-electron chi connectivity index (χ3n) is 4.83. The summed E-state index contributed by atoms with van der Waals surface area (Å²) in [5.41, 5.74) is 7.07. The molecule has 0 saturated carbocycles. The Morgan fingerprint density at radius 3 is 2.82 bits per heavy atom. The van der Waals surface area contributed by atoms with Crippen molar-refractivity contribution in [1.82, 2.24) is 5.32 Å². The third-order valence-corrected chi connectivity index (χ3v) is 4.83. The number of nitriles is 1. The summed E-state index contributed by atoms with van der Waals surface area (Å²) in [7, 11) is 0. The zero-order valence-electron chi connectivity index (χ0n) is 13.7. The number of rotatable bonds is 5. The van der Waals surface area contributed by atoms with Crippen LogP contribution in [0.2, 0.25) is 0 Å². The molecule has 3 atom stereocenters. The van der Waals surface area contributed by atoms with Crippen molar-refractivity contribution in [2.45, 2.75) is 45.6 Å². The molecule has 0 bridgehead atoms. The van der Waals surface area contributed by atoms with Crippen LogP contribution >= 0.6 is 0 Å². The van der Waals surface area contributed by atoms with Crippen LogP contribution < -0.4 is 11.1 Å². The van der Waals surface area contributed by atoms with Crippen LogP contribution in [0.15, 0.2) is 18.2 Å². The lowest BCUT2D eigenvalue weighted by Gasteiger charge is -2.29. The van der Waals surface area contributed by atoms with E-state index in [1.165, 1.54) is 0 Å². The maximum Gasteiger partial charge on any atom is 0.129 e. The Hall–Kier alpha value is -1.44. The Balaban J connectivity index is 2.20. The first-order valence-corrected chi connectivity index (χ1v) is 7.97. The van der Waals surface area contributed by atoms with Crippen LogP contribution in [0.1, 0.15) is 43.7 Å². The monoisotopic (exact) mass is 303 g/mol. The van der Waals surface area contributed by atoms with E-state index in [-0.39, 0.29) is 29.1 Å². The molecule has 0 aliphatic carbocycles. The van der Waals surface area contributed by atoms with Crippen LogP contribution in [0.4, 0.5) is 4.39 Å². The lowest BCUT2D eigenvalue weighted by Crippen LogP contribution is -2.33. The van der Waals surface area contributed by atoms with Gasteiger partial charge in [-0.2, -0.15) is 5.26 Å². The molecule has 1 aromatic carbocycles. The van der Waals surface area contributed by atoms with Gasteiger partial charge in [-0.05, 0) is 42.9 Å². The molecule has 3 unspecified atom stereocenters. The molecule has 1 fully saturated rings. The predicted octanol–water partition coefficient (Wildman–Crippen LogP) is 3.09. The van der Waals surface area contributed by atoms with Crippen LogP contribution in [0.3, 0.4) is 0 Å². The van der Waals surface area contributed by atoms with Crippen LogP contribution in [-0.4, -0.2) is 19.1 Å². The van der Waals surface area contributed by atoms with E-state index in [1.807, 2.05) is 12.1 Å². The van der Waals surface area contributed by atoms with Crippen molar-refractivity contribution in [3.05, 3.63) is 35.1 Å². The molecule has 1 aromatic rings. The highest BCUT2D eigenvalue weighted by atomic mass is 19.1. The Kier molecular flexibility index (Phi) is 5.20. The van der Waals surface area contributed by atoms with Crippen molar-refractivity contribution >= 4 is 0 Å². The van der Waals surface area contributed by atoms with Crippen molar-refractivity contribution < 1.29 is 4.39 Å². The lowest BCUT2D eigenvalue weighted by atomic mass is 9.77. The van der Waals surface area contributed by atoms with Gasteiger partial charge in [0, 0.05) is 18.5 Å². The molecule has 120 valence electrons. The highest BCUT2D eigenvalue weighted by Gasteiger charge is 2.40. The molecule has 3 nitrogen and oxygen atoms in total. The molecule has 2 rings (SSSR count). The zero-order valence-corrected chi connectivity index (χ0v) is 13.7. The summed E-state index contributed by atoms with van der Waals surface area (Å²) >= 11 is 0. The number of nitrogens with one attached hydrogen (secondary N) is 1. The van der Waals surface area contributed by atoms with Crippen LogP contribution in [-0.2, 0) is 0 Å². The molecule has 3 N–H and O–H groups in total. The molecular formula is C18H26FN3. The third kappa shape index (κ3) is 3.48. The fraction of sp³-hybridized carbons (Fsp3) is 0.611. The Bertz CT molecular complexity index is 562. The summed E-state index contributed by atoms with van der Waals surface area (Å²) in [5.74, 6) is -0.451. The van der Waals surface area contributed by atoms with Gasteiger partial charge in [-0.1, -0.05) is 32.0 Å². The number of halogens is 1. The number of aryl methyl sites for hydroxylation is 1. The summed E-state index contributed by atoms with van der Waals surface area (Å²) in [5, 5.41) is 13.1. The molecule has 0 radical (unpaired) electrons. The molecule has 4 heteroatoms. The topological polar surface area (TPSA) is 61.8 Å². The van der Waals surface area contributed by atoms with Crippen molar-refractivity contribution in [2.24, 2.45) is 17.1 Å². The van der Waals surface area contributed by atoms with Crippen molar-refractivity contribution in [2.75, 3.05) is 13.1 Å². The van der Waals surface area contributed by atoms with Gasteiger partial charge in [0.25, 0.3) is 0 Å². The lowest BCUT2D eigenvalue weighted by molar-refractivity contribution is 0.261. The SMILES string of the molecule is Cc1cccc(C2CNC(CC(C)(C)CCN)C2C#N)c1F. The second kappa shape index (κ2) is 6.76. The fourth-order valence-corrected chi connectivity index (χ4v) is 3.54. The van der Waals surface area contributed by atoms with E-state index >= 15 is 0 Å². The summed E-state index contributed by atoms with van der Waals surface area (Å²) in [4.78, 5) is 0. The van der Waals surface area contributed by atoms with E-state index in [0.717, 1.165) is 12.8 Å². The number of hydrogen-bond donors (Lipinski definition) is 2. The van der Waals surface area contributed by atoms with Gasteiger partial charge in [0.1, 0.15) is 5.82 Å². The average molecular weight is 303 g/mol. The maximum absolute atomic E-state index is 14.4. The summed E-state index contributed by atoms with van der Waals surface area (Å²) in [6, 6.07) is 7.96. The minimum atomic E-state index is -0.201. The van der Waals surface area contributed by atoms with Crippen molar-refractivity contribution in [1.29, 1.82) is 5.26 Å². The number of nitrogens with zero attached hydrogens (tertiary/aromatic N) is 1. The van der Waals surface area contributed by atoms with Gasteiger partial charge in [-0.25, -0.2) is 4.39 Å². The highest BCUT2D eigenvalue weighted by molar-refractivity contribution is 5.31. The molecule has 1 saturated heterocycles. The normalized spacial score (nSPS) is 25.2. The zero-order chi connectivity index (χ0) is 16.3. The van der Waals surface area contributed by atoms with E-state index in [4.69, 9.17) is 5.73 Å². The minimum absolute atomic E-state index is 0.0800. The first kappa shape index (κ1) is 16.9. The molecule has 1 heterocycles. The van der Waals surface area contributed by atoms with Gasteiger partial charge in [-0.3, -0.25) is 0 Å². The maximum atomic E-state index is 14.4. The number of benzene rings is 1. The van der Waals surface area contributed by atoms with E-state index in [2.05, 4.69) is 25.2 Å². The number of hydrogen-bond acceptors (Lipinski definition) is 3. The van der Waals surface area contributed by atoms with E-state index in [0.29, 0.717) is 24.2 Å². The molecule has 0 amide bonds. The number of nitrogens with two attached hydrogens (primary N) is 1. The standard InChI is InChI=1S/C18H26FN3/c1-12-5-4-6-13(17(12)19)15-11-22-16(14(15)10-21)9-18(2,3)7-8-20/h4-6,14-16,22H,7-9,11,20H2,1-3H3. The molecule has 1 aliphatic heterocycles. The molecule has 0 spiro atoms. The molecular weight excluding hydrogens is 277 g/mol. The van der Waals surface area contributed by atoms with Crippen molar-refractivity contribution in [3.8, 4) is 6.07 Å². The van der Waals surface area contributed by atoms with E-state index in [1.54, 1.807) is 13.0 Å². The predicted molar refractivity (Wildman–Crippen MR) is 86.8 cm³/mol. The quantitative estimate of drug-likeness (QED) is 0.878. The van der Waals surface area contributed by atoms with Crippen LogP contribution in [0.25, 0.3) is 0 Å². The van der Waals surface area contributed by atoms with Gasteiger partial charge in [0.05, 0.1) is 12.0 Å². The second-order valence-electron chi connectivity index (χ2n) is 7.16. The highest BCUT2D eigenvalue weighted by Crippen LogP contribution is 2.38. The Morgan fingerprint density at radius 1 is 1.45 bits per heavy atom. The molecule has 22 heavy (non-hydrogen) atoms. The van der Waals surface area contributed by atoms with E-state index in [9.17, 15) is 9.65 Å². The van der Waals surface area contributed by atoms with Crippen LogP contribution in [0.5, 0.6) is 0 Å². The van der Waals surface area contributed by atoms with Gasteiger partial charge in [0.2, 0.25) is 0 Å². The van der Waals surface area contributed by atoms with E-state index < -0.39 is 0 Å². The van der Waals surface area contributed by atoms with Gasteiger partial charge >= 0.3 is 0 Å². The minimum Gasteiger partial charge on any atom is -0.330 e. The molecule has 1 aliphatic rings. The fourth-order valence-electron chi connectivity index (χ4n) is 3.54. The largest absolute Gasteiger partial charge is 0.330 e. The second-order valence-corrected chi connectivity index (χ2v) is 7.16. The van der Waals surface area contributed by atoms with Gasteiger partial charge in [-0.15, -0.1) is 0 Å². The smallest absolute Gasteiger partial charge is 0.129 e. The summed E-state index contributed by atoms with van der Waals surface area (Å²) < 4.78 is 14.4. The first-order chi connectivity index (χ1) is 10.4. The Morgan fingerprint density at radius 2 is 2.18 bits per heavy atom. The summed E-state index contributed by atoms with van der Waals surface area (Å²) in [6.07, 6.45) is 1.80. The first-order valence-electron chi connectivity index (χ1n) is 7.97. The van der Waals surface area contributed by atoms with Gasteiger partial charge < -0.3 is 11.1 Å². The van der Waals surface area contributed by atoms with Crippen LogP contribution in [0, 0.1) is 35.4 Å². The summed E-state index contributed by atoms with van der Waals surface area (Å²) in [6.45, 7) is 7.42. The van der Waals surface area contributed by atoms with Crippen molar-refractivity contribution in [3.63, 3.8) is 0 Å². The Labute approximate surface area is 132 Å².